The van der Waals surface area contributed by atoms with E-state index in [1.54, 1.807) is 29.4 Å². The molecule has 1 aliphatic heterocycles. The zero-order valence-electron chi connectivity index (χ0n) is 21.3. The molecule has 3 aromatic carbocycles. The number of carbonyl (C=O) groups is 3. The molecule has 212 valence electrons. The van der Waals surface area contributed by atoms with Crippen LogP contribution < -0.4 is 10.5 Å². The summed E-state index contributed by atoms with van der Waals surface area (Å²) in [6.45, 7) is 0.548. The SMILES string of the molecule is NS(=O)(=O)c1cccc(C[C@H](NC(=O)c2c(Cl)cc3c(c2Cl)CCN(C(=O)c2ccc4ccoc4c2)C3)C(=O)O)c1. The summed E-state index contributed by atoms with van der Waals surface area (Å²) in [5, 5.41) is 18.3. The van der Waals surface area contributed by atoms with Gasteiger partial charge >= 0.3 is 5.97 Å². The monoisotopic (exact) mass is 615 g/mol. The number of nitrogens with one attached hydrogen (secondary N) is 1. The van der Waals surface area contributed by atoms with Crippen molar-refractivity contribution in [2.75, 3.05) is 6.54 Å². The molecule has 0 spiro atoms. The predicted molar refractivity (Wildman–Crippen MR) is 152 cm³/mol. The molecule has 5 rings (SSSR count). The largest absolute Gasteiger partial charge is 0.480 e. The lowest BCUT2D eigenvalue weighted by Gasteiger charge is -2.30. The number of sulfonamides is 1. The summed E-state index contributed by atoms with van der Waals surface area (Å²) in [6, 6.07) is 12.7. The highest BCUT2D eigenvalue weighted by Crippen LogP contribution is 2.35. The second-order valence-electron chi connectivity index (χ2n) is 9.60. The Balaban J connectivity index is 1.35. The third-order valence-electron chi connectivity index (χ3n) is 6.89. The van der Waals surface area contributed by atoms with Crippen molar-refractivity contribution in [3.8, 4) is 0 Å². The number of fused-ring (bicyclic) bond motifs is 2. The number of primary sulfonamides is 1. The zero-order valence-corrected chi connectivity index (χ0v) is 23.6. The Morgan fingerprint density at radius 3 is 2.61 bits per heavy atom. The molecular formula is C28H23Cl2N3O7S. The maximum absolute atomic E-state index is 13.2. The predicted octanol–water partition coefficient (Wildman–Crippen LogP) is 4.01. The number of carboxylic acids is 1. The van der Waals surface area contributed by atoms with Crippen LogP contribution in [0.1, 0.15) is 37.4 Å². The summed E-state index contributed by atoms with van der Waals surface area (Å²) >= 11 is 13.1. The van der Waals surface area contributed by atoms with Crippen LogP contribution in [0.3, 0.4) is 0 Å². The van der Waals surface area contributed by atoms with Crippen LogP contribution in [0.5, 0.6) is 0 Å². The van der Waals surface area contributed by atoms with Crippen molar-refractivity contribution < 1.29 is 32.3 Å². The standard InChI is InChI=1S/C28H23Cl2N3O7S/c29-21-12-18-14-33(27(35)17-5-4-16-7-9-40-23(16)13-17)8-6-20(18)25(30)24(21)26(34)32-22(28(36)37)11-15-2-1-3-19(10-15)41(31,38)39/h1-5,7,9-10,12-13,22H,6,8,11,14H2,(H,32,34)(H,36,37)(H2,31,38,39)/t22-/m0/s1. The molecule has 1 aliphatic rings. The van der Waals surface area contributed by atoms with E-state index in [4.69, 9.17) is 32.8 Å². The van der Waals surface area contributed by atoms with Crippen molar-refractivity contribution in [2.45, 2.75) is 30.3 Å². The first-order valence-corrected chi connectivity index (χ1v) is 14.6. The van der Waals surface area contributed by atoms with Crippen molar-refractivity contribution in [2.24, 2.45) is 5.14 Å². The van der Waals surface area contributed by atoms with E-state index in [1.165, 1.54) is 24.3 Å². The lowest BCUT2D eigenvalue weighted by atomic mass is 9.95. The molecule has 10 nitrogen and oxygen atoms in total. The first kappa shape index (κ1) is 28.6. The summed E-state index contributed by atoms with van der Waals surface area (Å²) < 4.78 is 28.7. The quantitative estimate of drug-likeness (QED) is 0.283. The van der Waals surface area contributed by atoms with E-state index in [0.717, 1.165) is 5.39 Å². The van der Waals surface area contributed by atoms with Gasteiger partial charge in [0.2, 0.25) is 10.0 Å². The Hall–Kier alpha value is -3.90. The smallest absolute Gasteiger partial charge is 0.326 e. The van der Waals surface area contributed by atoms with Gasteiger partial charge in [-0.05, 0) is 59.5 Å². The lowest BCUT2D eigenvalue weighted by molar-refractivity contribution is -0.139. The topological polar surface area (TPSA) is 160 Å². The fraction of sp³-hybridized carbons (Fsp3) is 0.179. The molecule has 0 saturated heterocycles. The molecule has 4 N–H and O–H groups in total. The van der Waals surface area contributed by atoms with Crippen LogP contribution in [-0.4, -0.2) is 48.8 Å². The summed E-state index contributed by atoms with van der Waals surface area (Å²) in [5.41, 5.74) is 2.64. The van der Waals surface area contributed by atoms with E-state index in [2.05, 4.69) is 5.32 Å². The maximum atomic E-state index is 13.2. The Kier molecular flexibility index (Phi) is 7.80. The van der Waals surface area contributed by atoms with Gasteiger partial charge in [-0.15, -0.1) is 0 Å². The third-order valence-corrected chi connectivity index (χ3v) is 8.52. The van der Waals surface area contributed by atoms with Gasteiger partial charge in [-0.25, -0.2) is 18.4 Å². The zero-order chi connectivity index (χ0) is 29.5. The number of nitrogens with zero attached hydrogens (tertiary/aromatic N) is 1. The first-order chi connectivity index (χ1) is 19.4. The summed E-state index contributed by atoms with van der Waals surface area (Å²) in [6.07, 6.45) is 1.69. The van der Waals surface area contributed by atoms with Gasteiger partial charge in [-0.3, -0.25) is 9.59 Å². The normalized spacial score (nSPS) is 14.0. The van der Waals surface area contributed by atoms with Crippen LogP contribution in [-0.2, 0) is 34.2 Å². The van der Waals surface area contributed by atoms with Gasteiger partial charge in [0.15, 0.2) is 0 Å². The molecule has 0 aliphatic carbocycles. The van der Waals surface area contributed by atoms with Gasteiger partial charge in [-0.2, -0.15) is 0 Å². The van der Waals surface area contributed by atoms with Gasteiger partial charge in [-0.1, -0.05) is 41.4 Å². The number of hydrogen-bond donors (Lipinski definition) is 3. The second-order valence-corrected chi connectivity index (χ2v) is 11.9. The van der Waals surface area contributed by atoms with Crippen molar-refractivity contribution in [3.63, 3.8) is 0 Å². The van der Waals surface area contributed by atoms with Gasteiger partial charge in [0.05, 0.1) is 26.8 Å². The molecule has 1 aromatic heterocycles. The molecule has 0 saturated carbocycles. The van der Waals surface area contributed by atoms with E-state index < -0.39 is 27.9 Å². The maximum Gasteiger partial charge on any atom is 0.326 e. The number of hydrogen-bond acceptors (Lipinski definition) is 6. The Morgan fingerprint density at radius 2 is 1.88 bits per heavy atom. The molecule has 0 bridgehead atoms. The molecule has 1 atom stereocenters. The highest BCUT2D eigenvalue weighted by Gasteiger charge is 2.30. The van der Waals surface area contributed by atoms with Crippen LogP contribution in [0.15, 0.2) is 70.2 Å². The number of halogens is 2. The molecule has 4 aromatic rings. The Labute approximate surface area is 244 Å². The minimum absolute atomic E-state index is 0.00193. The summed E-state index contributed by atoms with van der Waals surface area (Å²) in [7, 11) is -4.00. The molecule has 13 heteroatoms. The number of rotatable bonds is 7. The van der Waals surface area contributed by atoms with Crippen LogP contribution in [0.25, 0.3) is 11.0 Å². The second kappa shape index (κ2) is 11.2. The number of furan rings is 1. The molecular weight excluding hydrogens is 593 g/mol. The number of nitrogens with two attached hydrogens (primary N) is 1. The van der Waals surface area contributed by atoms with Gasteiger partial charge in [0, 0.05) is 30.5 Å². The number of amides is 2. The highest BCUT2D eigenvalue weighted by molar-refractivity contribution is 7.89. The van der Waals surface area contributed by atoms with Crippen molar-refractivity contribution in [1.29, 1.82) is 0 Å². The minimum Gasteiger partial charge on any atom is -0.480 e. The Bertz CT molecular complexity index is 1820. The van der Waals surface area contributed by atoms with Gasteiger partial charge in [0.1, 0.15) is 11.6 Å². The summed E-state index contributed by atoms with van der Waals surface area (Å²) in [4.78, 5) is 39.8. The van der Waals surface area contributed by atoms with Crippen LogP contribution in [0, 0.1) is 0 Å². The number of carboxylic acid groups (broad SMARTS) is 1. The first-order valence-electron chi connectivity index (χ1n) is 12.3. The van der Waals surface area contributed by atoms with E-state index in [1.807, 2.05) is 12.1 Å². The average molecular weight is 616 g/mol. The number of carbonyl (C=O) groups excluding carboxylic acids is 2. The molecule has 41 heavy (non-hydrogen) atoms. The van der Waals surface area contributed by atoms with Gasteiger partial charge < -0.3 is 19.7 Å². The Morgan fingerprint density at radius 1 is 1.10 bits per heavy atom. The average Bonchev–Trinajstić information content (AvgIpc) is 3.39. The van der Waals surface area contributed by atoms with E-state index in [-0.39, 0.29) is 39.4 Å². The van der Waals surface area contributed by atoms with E-state index >= 15 is 0 Å². The van der Waals surface area contributed by atoms with Gasteiger partial charge in [0.25, 0.3) is 11.8 Å². The number of aliphatic carboxylic acids is 1. The molecule has 0 radical (unpaired) electrons. The minimum atomic E-state index is -4.00. The van der Waals surface area contributed by atoms with Crippen molar-refractivity contribution in [3.05, 3.63) is 98.7 Å². The van der Waals surface area contributed by atoms with Crippen molar-refractivity contribution >= 4 is 62.0 Å². The fourth-order valence-corrected chi connectivity index (χ4v) is 6.17. The third kappa shape index (κ3) is 5.94. The molecule has 0 fully saturated rings. The highest BCUT2D eigenvalue weighted by atomic mass is 35.5. The van der Waals surface area contributed by atoms with Crippen LogP contribution in [0.2, 0.25) is 10.0 Å². The molecule has 2 heterocycles. The van der Waals surface area contributed by atoms with Crippen LogP contribution in [0.4, 0.5) is 0 Å². The summed E-state index contributed by atoms with van der Waals surface area (Å²) in [5.74, 6) is -2.34. The number of benzene rings is 3. The molecule has 2 amide bonds. The van der Waals surface area contributed by atoms with Crippen molar-refractivity contribution in [1.82, 2.24) is 10.2 Å². The van der Waals surface area contributed by atoms with E-state index in [0.29, 0.717) is 40.8 Å². The fourth-order valence-electron chi connectivity index (χ4n) is 4.82. The van der Waals surface area contributed by atoms with E-state index in [9.17, 15) is 27.9 Å². The molecule has 0 unspecified atom stereocenters. The van der Waals surface area contributed by atoms with Crippen LogP contribution >= 0.6 is 23.2 Å². The lowest BCUT2D eigenvalue weighted by Crippen LogP contribution is -2.42.